The first kappa shape index (κ1) is 10.9. The number of halogens is 3. The van der Waals surface area contributed by atoms with Crippen molar-refractivity contribution in [2.45, 2.75) is 40.3 Å². The molecule has 0 nitrogen and oxygen atoms in total. The summed E-state index contributed by atoms with van der Waals surface area (Å²) in [7, 11) is 0. The van der Waals surface area contributed by atoms with Crippen molar-refractivity contribution in [2.75, 3.05) is 0 Å². The highest BCUT2D eigenvalue weighted by molar-refractivity contribution is 4.97. The summed E-state index contributed by atoms with van der Waals surface area (Å²) >= 11 is 0. The lowest BCUT2D eigenvalue weighted by molar-refractivity contribution is -0.176. The van der Waals surface area contributed by atoms with Crippen molar-refractivity contribution >= 4 is 0 Å². The smallest absolute Gasteiger partial charge is 0.171 e. The maximum atomic E-state index is 12.3. The van der Waals surface area contributed by atoms with Crippen LogP contribution in [0.25, 0.3) is 0 Å². The lowest BCUT2D eigenvalue weighted by Gasteiger charge is -2.21. The average Bonchev–Trinajstić information content (AvgIpc) is 2.58. The zero-order valence-corrected chi connectivity index (χ0v) is 8.57. The summed E-state index contributed by atoms with van der Waals surface area (Å²) in [5.41, 5.74) is 0.0319. The van der Waals surface area contributed by atoms with Crippen LogP contribution in [0.1, 0.15) is 34.1 Å². The van der Waals surface area contributed by atoms with Crippen LogP contribution < -0.4 is 0 Å². The third kappa shape index (κ3) is 2.38. The van der Waals surface area contributed by atoms with Crippen molar-refractivity contribution in [1.82, 2.24) is 0 Å². The van der Waals surface area contributed by atoms with Crippen molar-refractivity contribution in [1.29, 1.82) is 0 Å². The van der Waals surface area contributed by atoms with Crippen LogP contribution in [-0.4, -0.2) is 6.18 Å². The summed E-state index contributed by atoms with van der Waals surface area (Å²) in [6.45, 7) is 7.35. The summed E-state index contributed by atoms with van der Waals surface area (Å²) in [6, 6.07) is 0. The molecule has 1 aliphatic carbocycles. The van der Waals surface area contributed by atoms with E-state index >= 15 is 0 Å². The van der Waals surface area contributed by atoms with E-state index in [0.717, 1.165) is 6.42 Å². The molecule has 0 bridgehead atoms. The van der Waals surface area contributed by atoms with E-state index in [1.165, 1.54) is 6.92 Å². The van der Waals surface area contributed by atoms with Crippen molar-refractivity contribution in [2.24, 2.45) is 23.2 Å². The second-order valence-electron chi connectivity index (χ2n) is 5.20. The normalized spacial score (nSPS) is 31.6. The molecular weight excluding hydrogens is 177 g/mol. The molecule has 78 valence electrons. The van der Waals surface area contributed by atoms with E-state index in [-0.39, 0.29) is 17.3 Å². The molecule has 0 N–H and O–H groups in total. The minimum absolute atomic E-state index is 0.0319. The second kappa shape index (κ2) is 2.89. The molecule has 1 aliphatic rings. The molecule has 13 heavy (non-hydrogen) atoms. The van der Waals surface area contributed by atoms with Crippen LogP contribution in [0.2, 0.25) is 0 Å². The molecule has 0 aliphatic heterocycles. The van der Waals surface area contributed by atoms with Gasteiger partial charge in [0.15, 0.2) is 0 Å². The maximum Gasteiger partial charge on any atom is 0.391 e. The fraction of sp³-hybridized carbons (Fsp3) is 1.00. The molecule has 1 fully saturated rings. The first-order valence-electron chi connectivity index (χ1n) is 4.70. The van der Waals surface area contributed by atoms with Crippen LogP contribution in [0.4, 0.5) is 13.2 Å². The average molecular weight is 194 g/mol. The van der Waals surface area contributed by atoms with Gasteiger partial charge in [-0.2, -0.15) is 13.2 Å². The summed E-state index contributed by atoms with van der Waals surface area (Å²) in [6.07, 6.45) is -3.27. The SMILES string of the molecule is CC(C1CC1C(C)(C)C)C(F)(F)F. The van der Waals surface area contributed by atoms with Crippen LogP contribution in [0, 0.1) is 23.2 Å². The Hall–Kier alpha value is -0.210. The van der Waals surface area contributed by atoms with E-state index in [0.29, 0.717) is 0 Å². The fourth-order valence-corrected chi connectivity index (χ4v) is 2.01. The Morgan fingerprint density at radius 1 is 1.15 bits per heavy atom. The summed E-state index contributed by atoms with van der Waals surface area (Å²) < 4.78 is 36.9. The third-order valence-corrected chi connectivity index (χ3v) is 3.11. The highest BCUT2D eigenvalue weighted by Gasteiger charge is 2.55. The van der Waals surface area contributed by atoms with Crippen LogP contribution in [-0.2, 0) is 0 Å². The first-order valence-corrected chi connectivity index (χ1v) is 4.70. The largest absolute Gasteiger partial charge is 0.391 e. The van der Waals surface area contributed by atoms with Gasteiger partial charge in [0.2, 0.25) is 0 Å². The van der Waals surface area contributed by atoms with Gasteiger partial charge in [0.1, 0.15) is 0 Å². The van der Waals surface area contributed by atoms with Gasteiger partial charge in [-0.3, -0.25) is 0 Å². The molecule has 0 radical (unpaired) electrons. The molecular formula is C10H17F3. The summed E-state index contributed by atoms with van der Waals surface area (Å²) in [4.78, 5) is 0. The lowest BCUT2D eigenvalue weighted by atomic mass is 9.86. The molecule has 0 spiro atoms. The summed E-state index contributed by atoms with van der Waals surface area (Å²) in [5, 5.41) is 0. The van der Waals surface area contributed by atoms with Crippen molar-refractivity contribution < 1.29 is 13.2 Å². The van der Waals surface area contributed by atoms with Crippen LogP contribution in [0.5, 0.6) is 0 Å². The van der Waals surface area contributed by atoms with E-state index in [4.69, 9.17) is 0 Å². The Balaban J connectivity index is 2.52. The predicted molar refractivity (Wildman–Crippen MR) is 46.3 cm³/mol. The third-order valence-electron chi connectivity index (χ3n) is 3.11. The van der Waals surface area contributed by atoms with Gasteiger partial charge in [0, 0.05) is 0 Å². The van der Waals surface area contributed by atoms with Crippen molar-refractivity contribution in [3.8, 4) is 0 Å². The van der Waals surface area contributed by atoms with Gasteiger partial charge < -0.3 is 0 Å². The van der Waals surface area contributed by atoms with E-state index in [1.54, 1.807) is 0 Å². The summed E-state index contributed by atoms with van der Waals surface area (Å²) in [5.74, 6) is -1.01. The van der Waals surface area contributed by atoms with Gasteiger partial charge in [-0.1, -0.05) is 27.7 Å². The van der Waals surface area contributed by atoms with Gasteiger partial charge in [0.05, 0.1) is 5.92 Å². The Kier molecular flexibility index (Phi) is 2.42. The minimum atomic E-state index is -4.01. The molecule has 0 aromatic rings. The van der Waals surface area contributed by atoms with Gasteiger partial charge in [-0.25, -0.2) is 0 Å². The molecule has 3 atom stereocenters. The Morgan fingerprint density at radius 2 is 1.62 bits per heavy atom. The highest BCUT2D eigenvalue weighted by atomic mass is 19.4. The Morgan fingerprint density at radius 3 is 1.85 bits per heavy atom. The quantitative estimate of drug-likeness (QED) is 0.594. The van der Waals surface area contributed by atoms with Gasteiger partial charge >= 0.3 is 6.18 Å². The minimum Gasteiger partial charge on any atom is -0.171 e. The molecule has 3 unspecified atom stereocenters. The van der Waals surface area contributed by atoms with E-state index in [1.807, 2.05) is 20.8 Å². The lowest BCUT2D eigenvalue weighted by Crippen LogP contribution is -2.24. The Bertz CT molecular complexity index is 187. The van der Waals surface area contributed by atoms with E-state index in [9.17, 15) is 13.2 Å². The van der Waals surface area contributed by atoms with Crippen LogP contribution in [0.15, 0.2) is 0 Å². The van der Waals surface area contributed by atoms with Crippen LogP contribution in [0.3, 0.4) is 0 Å². The zero-order chi connectivity index (χ0) is 10.4. The molecule has 3 heteroatoms. The van der Waals surface area contributed by atoms with Gasteiger partial charge in [-0.05, 0) is 23.7 Å². The number of rotatable bonds is 1. The molecule has 1 saturated carbocycles. The number of hydrogen-bond acceptors (Lipinski definition) is 0. The topological polar surface area (TPSA) is 0 Å². The number of hydrogen-bond donors (Lipinski definition) is 0. The molecule has 0 aromatic carbocycles. The Labute approximate surface area is 77.5 Å². The highest BCUT2D eigenvalue weighted by Crippen LogP contribution is 2.57. The van der Waals surface area contributed by atoms with Gasteiger partial charge in [-0.15, -0.1) is 0 Å². The molecule has 0 aromatic heterocycles. The first-order chi connectivity index (χ1) is 5.64. The second-order valence-corrected chi connectivity index (χ2v) is 5.20. The van der Waals surface area contributed by atoms with Gasteiger partial charge in [0.25, 0.3) is 0 Å². The van der Waals surface area contributed by atoms with E-state index in [2.05, 4.69) is 0 Å². The molecule has 1 rings (SSSR count). The van der Waals surface area contributed by atoms with Crippen LogP contribution >= 0.6 is 0 Å². The maximum absolute atomic E-state index is 12.3. The number of alkyl halides is 3. The standard InChI is InChI=1S/C10H17F3/c1-6(10(11,12)13)7-5-8(7)9(2,3)4/h6-8H,5H2,1-4H3. The van der Waals surface area contributed by atoms with Crippen molar-refractivity contribution in [3.05, 3.63) is 0 Å². The fourth-order valence-electron chi connectivity index (χ4n) is 2.01. The predicted octanol–water partition coefficient (Wildman–Crippen LogP) is 3.87. The molecule has 0 amide bonds. The molecule has 0 heterocycles. The van der Waals surface area contributed by atoms with E-state index < -0.39 is 12.1 Å². The van der Waals surface area contributed by atoms with Crippen molar-refractivity contribution in [3.63, 3.8) is 0 Å². The molecule has 0 saturated heterocycles. The zero-order valence-electron chi connectivity index (χ0n) is 8.57. The monoisotopic (exact) mass is 194 g/mol.